The highest BCUT2D eigenvalue weighted by atomic mass is 79.9. The number of hydrogen-bond acceptors (Lipinski definition) is 2. The smallest absolute Gasteiger partial charge is 0.345 e. The molecule has 0 aliphatic carbocycles. The normalized spacial score (nSPS) is 11.1. The summed E-state index contributed by atoms with van der Waals surface area (Å²) in [6.45, 7) is 2.66. The van der Waals surface area contributed by atoms with Crippen LogP contribution in [0.1, 0.15) is 20.1 Å². The molecule has 0 saturated carbocycles. The minimum Gasteiger partial charge on any atom is -0.477 e. The molecule has 0 spiro atoms. The Balaban J connectivity index is 1.99. The molecule has 2 heterocycles. The fraction of sp³-hybridized carbons (Fsp3) is 0.133. The van der Waals surface area contributed by atoms with Crippen molar-refractivity contribution in [3.63, 3.8) is 0 Å². The average molecular weight is 350 g/mol. The number of hydrogen-bond donors (Lipinski definition) is 1. The maximum absolute atomic E-state index is 11.0. The summed E-state index contributed by atoms with van der Waals surface area (Å²) in [6.07, 6.45) is 2.04. The summed E-state index contributed by atoms with van der Waals surface area (Å²) in [5, 5.41) is 10.2. The molecule has 0 amide bonds. The first-order valence-electron chi connectivity index (χ1n) is 6.11. The Kier molecular flexibility index (Phi) is 3.40. The van der Waals surface area contributed by atoms with E-state index >= 15 is 0 Å². The SMILES string of the molecule is Cc1sc(C(=O)O)cc1Cn1ccc2cc(Br)ccc21. The lowest BCUT2D eigenvalue weighted by Crippen LogP contribution is -1.98. The molecule has 3 nitrogen and oxygen atoms in total. The molecule has 0 saturated heterocycles. The second kappa shape index (κ2) is 5.07. The van der Waals surface area contributed by atoms with E-state index < -0.39 is 5.97 Å². The van der Waals surface area contributed by atoms with E-state index in [1.54, 1.807) is 6.07 Å². The Bertz CT molecular complexity index is 803. The fourth-order valence-electron chi connectivity index (χ4n) is 2.27. The number of benzene rings is 1. The van der Waals surface area contributed by atoms with E-state index in [2.05, 4.69) is 38.7 Å². The van der Waals surface area contributed by atoms with E-state index in [9.17, 15) is 4.79 Å². The number of rotatable bonds is 3. The summed E-state index contributed by atoms with van der Waals surface area (Å²) in [6, 6.07) is 10.0. The van der Waals surface area contributed by atoms with Crippen molar-refractivity contribution in [1.29, 1.82) is 0 Å². The van der Waals surface area contributed by atoms with Crippen molar-refractivity contribution >= 4 is 44.1 Å². The molecule has 0 unspecified atom stereocenters. The van der Waals surface area contributed by atoms with E-state index in [0.29, 0.717) is 11.4 Å². The van der Waals surface area contributed by atoms with Gasteiger partial charge >= 0.3 is 5.97 Å². The number of aromatic carboxylic acids is 1. The number of aryl methyl sites for hydroxylation is 1. The van der Waals surface area contributed by atoms with Gasteiger partial charge in [0.05, 0.1) is 0 Å². The van der Waals surface area contributed by atoms with Gasteiger partial charge in [-0.1, -0.05) is 15.9 Å². The average Bonchev–Trinajstić information content (AvgIpc) is 2.95. The number of halogens is 1. The highest BCUT2D eigenvalue weighted by Crippen LogP contribution is 2.25. The molecular weight excluding hydrogens is 338 g/mol. The molecule has 0 aliphatic rings. The van der Waals surface area contributed by atoms with Crippen molar-refractivity contribution in [3.05, 3.63) is 56.3 Å². The van der Waals surface area contributed by atoms with Crippen LogP contribution in [0.2, 0.25) is 0 Å². The topological polar surface area (TPSA) is 42.2 Å². The van der Waals surface area contributed by atoms with Gasteiger partial charge < -0.3 is 9.67 Å². The number of nitrogens with zero attached hydrogens (tertiary/aromatic N) is 1. The summed E-state index contributed by atoms with van der Waals surface area (Å²) >= 11 is 4.80. The van der Waals surface area contributed by atoms with Crippen molar-refractivity contribution in [2.24, 2.45) is 0 Å². The van der Waals surface area contributed by atoms with Crippen LogP contribution < -0.4 is 0 Å². The summed E-state index contributed by atoms with van der Waals surface area (Å²) in [5.74, 6) is -0.856. The van der Waals surface area contributed by atoms with Crippen molar-refractivity contribution in [3.8, 4) is 0 Å². The molecule has 5 heteroatoms. The number of fused-ring (bicyclic) bond motifs is 1. The van der Waals surface area contributed by atoms with Gasteiger partial charge in [0.2, 0.25) is 0 Å². The Morgan fingerprint density at radius 3 is 2.85 bits per heavy atom. The molecule has 3 aromatic rings. The minimum atomic E-state index is -0.856. The minimum absolute atomic E-state index is 0.400. The summed E-state index contributed by atoms with van der Waals surface area (Å²) in [4.78, 5) is 12.5. The quantitative estimate of drug-likeness (QED) is 0.755. The summed E-state index contributed by atoms with van der Waals surface area (Å²) < 4.78 is 3.20. The lowest BCUT2D eigenvalue weighted by Gasteiger charge is -2.05. The second-order valence-corrected chi connectivity index (χ2v) is 6.82. The van der Waals surface area contributed by atoms with Crippen LogP contribution in [-0.4, -0.2) is 15.6 Å². The molecule has 3 rings (SSSR count). The molecule has 0 atom stereocenters. The maximum atomic E-state index is 11.0. The van der Waals surface area contributed by atoms with Gasteiger partial charge in [-0.05, 0) is 42.8 Å². The van der Waals surface area contributed by atoms with Gasteiger partial charge in [0.15, 0.2) is 0 Å². The first-order valence-corrected chi connectivity index (χ1v) is 7.72. The number of thiophene rings is 1. The zero-order chi connectivity index (χ0) is 14.3. The van der Waals surface area contributed by atoms with Crippen LogP contribution in [-0.2, 0) is 6.54 Å². The summed E-state index contributed by atoms with van der Waals surface area (Å²) in [7, 11) is 0. The molecule has 0 radical (unpaired) electrons. The first kappa shape index (κ1) is 13.4. The van der Waals surface area contributed by atoms with Gasteiger partial charge in [-0.2, -0.15) is 0 Å². The Morgan fingerprint density at radius 2 is 2.15 bits per heavy atom. The lowest BCUT2D eigenvalue weighted by molar-refractivity contribution is 0.0702. The molecular formula is C15H12BrNO2S. The van der Waals surface area contributed by atoms with Crippen LogP contribution in [0, 0.1) is 6.92 Å². The highest BCUT2D eigenvalue weighted by Gasteiger charge is 2.12. The van der Waals surface area contributed by atoms with Gasteiger partial charge in [0.25, 0.3) is 0 Å². The summed E-state index contributed by atoms with van der Waals surface area (Å²) in [5.41, 5.74) is 2.21. The molecule has 0 aliphatic heterocycles. The molecule has 1 N–H and O–H groups in total. The van der Waals surface area contributed by atoms with E-state index in [4.69, 9.17) is 5.11 Å². The zero-order valence-corrected chi connectivity index (χ0v) is 13.2. The Hall–Kier alpha value is -1.59. The molecule has 1 aromatic carbocycles. The third-order valence-corrected chi connectivity index (χ3v) is 4.88. The van der Waals surface area contributed by atoms with Gasteiger partial charge in [0, 0.05) is 33.0 Å². The molecule has 102 valence electrons. The molecule has 0 fully saturated rings. The largest absolute Gasteiger partial charge is 0.477 e. The van der Waals surface area contributed by atoms with Crippen molar-refractivity contribution in [2.75, 3.05) is 0 Å². The van der Waals surface area contributed by atoms with E-state index in [-0.39, 0.29) is 0 Å². The monoisotopic (exact) mass is 349 g/mol. The molecule has 0 bridgehead atoms. The van der Waals surface area contributed by atoms with Crippen molar-refractivity contribution < 1.29 is 9.90 Å². The fourth-order valence-corrected chi connectivity index (χ4v) is 3.53. The molecule has 20 heavy (non-hydrogen) atoms. The second-order valence-electron chi connectivity index (χ2n) is 4.64. The maximum Gasteiger partial charge on any atom is 0.345 e. The van der Waals surface area contributed by atoms with Crippen LogP contribution in [0.5, 0.6) is 0 Å². The lowest BCUT2D eigenvalue weighted by atomic mass is 10.2. The Morgan fingerprint density at radius 1 is 1.35 bits per heavy atom. The first-order chi connectivity index (χ1) is 9.54. The number of carboxylic acids is 1. The van der Waals surface area contributed by atoms with Gasteiger partial charge in [-0.3, -0.25) is 0 Å². The van der Waals surface area contributed by atoms with Crippen LogP contribution in [0.4, 0.5) is 0 Å². The van der Waals surface area contributed by atoms with Crippen molar-refractivity contribution in [2.45, 2.75) is 13.5 Å². The number of aromatic nitrogens is 1. The van der Waals surface area contributed by atoms with Gasteiger partial charge in [-0.25, -0.2) is 4.79 Å². The third kappa shape index (κ3) is 2.39. The standard InChI is InChI=1S/C15H12BrNO2S/c1-9-11(7-14(20-9)15(18)19)8-17-5-4-10-6-12(16)2-3-13(10)17/h2-7H,8H2,1H3,(H,18,19). The highest BCUT2D eigenvalue weighted by molar-refractivity contribution is 9.10. The van der Waals surface area contributed by atoms with Gasteiger partial charge in [-0.15, -0.1) is 11.3 Å². The predicted octanol–water partition coefficient (Wildman–Crippen LogP) is 4.52. The van der Waals surface area contributed by atoms with Crippen LogP contribution in [0.15, 0.2) is 41.0 Å². The number of carboxylic acid groups (broad SMARTS) is 1. The molecule has 2 aromatic heterocycles. The zero-order valence-electron chi connectivity index (χ0n) is 10.8. The third-order valence-electron chi connectivity index (χ3n) is 3.31. The van der Waals surface area contributed by atoms with Crippen LogP contribution >= 0.6 is 27.3 Å². The van der Waals surface area contributed by atoms with Crippen LogP contribution in [0.25, 0.3) is 10.9 Å². The van der Waals surface area contributed by atoms with E-state index in [1.807, 2.05) is 19.2 Å². The van der Waals surface area contributed by atoms with Gasteiger partial charge in [0.1, 0.15) is 4.88 Å². The van der Waals surface area contributed by atoms with Crippen LogP contribution in [0.3, 0.4) is 0 Å². The van der Waals surface area contributed by atoms with Crippen molar-refractivity contribution in [1.82, 2.24) is 4.57 Å². The Labute approximate surface area is 128 Å². The van der Waals surface area contributed by atoms with E-state index in [0.717, 1.165) is 20.4 Å². The van der Waals surface area contributed by atoms with E-state index in [1.165, 1.54) is 16.7 Å². The predicted molar refractivity (Wildman–Crippen MR) is 84.8 cm³/mol. The number of carbonyl (C=O) groups is 1.